The number of nitrogens with one attached hydrogen (secondary N) is 1. The maximum absolute atomic E-state index is 13.3. The molecule has 0 atom stereocenters. The molecule has 4 aromatic carbocycles. The van der Waals surface area contributed by atoms with Gasteiger partial charge in [0.05, 0.1) is 13.0 Å². The lowest BCUT2D eigenvalue weighted by molar-refractivity contribution is -0.121. The zero-order valence-corrected chi connectivity index (χ0v) is 18.2. The van der Waals surface area contributed by atoms with E-state index in [2.05, 4.69) is 33.4 Å². The van der Waals surface area contributed by atoms with Gasteiger partial charge in [0.2, 0.25) is 5.91 Å². The molecule has 0 fully saturated rings. The first-order valence-electron chi connectivity index (χ1n) is 9.80. The summed E-state index contributed by atoms with van der Waals surface area (Å²) in [6, 6.07) is 29.8. The molecule has 150 valence electrons. The van der Waals surface area contributed by atoms with Crippen molar-refractivity contribution in [3.63, 3.8) is 0 Å². The van der Waals surface area contributed by atoms with Crippen molar-refractivity contribution < 1.29 is 9.53 Å². The van der Waals surface area contributed by atoms with E-state index in [1.807, 2.05) is 78.9 Å². The SMILES string of the molecule is COc1ccc2cc(Br)ccc2c1CNC(=O)C(c1ccccc1)c1ccccc1. The normalized spacial score (nSPS) is 10.9. The number of methoxy groups -OCH3 is 1. The molecule has 30 heavy (non-hydrogen) atoms. The van der Waals surface area contributed by atoms with Crippen LogP contribution >= 0.6 is 15.9 Å². The Morgan fingerprint density at radius 2 is 1.53 bits per heavy atom. The average molecular weight is 460 g/mol. The highest BCUT2D eigenvalue weighted by molar-refractivity contribution is 9.10. The smallest absolute Gasteiger partial charge is 0.232 e. The van der Waals surface area contributed by atoms with E-state index in [0.29, 0.717) is 6.54 Å². The highest BCUT2D eigenvalue weighted by Crippen LogP contribution is 2.31. The van der Waals surface area contributed by atoms with E-state index in [1.54, 1.807) is 7.11 Å². The van der Waals surface area contributed by atoms with Crippen LogP contribution in [0.5, 0.6) is 5.75 Å². The van der Waals surface area contributed by atoms with Crippen LogP contribution in [0.15, 0.2) is 95.5 Å². The van der Waals surface area contributed by atoms with Crippen LogP contribution in [0.1, 0.15) is 22.6 Å². The Kier molecular flexibility index (Phi) is 6.15. The number of ether oxygens (including phenoxy) is 1. The van der Waals surface area contributed by atoms with Crippen LogP contribution in [-0.2, 0) is 11.3 Å². The third kappa shape index (κ3) is 4.24. The Morgan fingerprint density at radius 3 is 2.13 bits per heavy atom. The van der Waals surface area contributed by atoms with Gasteiger partial charge in [0.25, 0.3) is 0 Å². The average Bonchev–Trinajstić information content (AvgIpc) is 2.78. The van der Waals surface area contributed by atoms with E-state index in [1.165, 1.54) is 0 Å². The fourth-order valence-electron chi connectivity index (χ4n) is 3.78. The van der Waals surface area contributed by atoms with Gasteiger partial charge in [-0.05, 0) is 40.1 Å². The Balaban J connectivity index is 1.66. The maximum atomic E-state index is 13.3. The zero-order chi connectivity index (χ0) is 20.9. The Hall–Kier alpha value is -3.11. The van der Waals surface area contributed by atoms with E-state index in [-0.39, 0.29) is 11.8 Å². The molecule has 4 aromatic rings. The van der Waals surface area contributed by atoms with E-state index in [4.69, 9.17) is 4.74 Å². The predicted molar refractivity (Wildman–Crippen MR) is 125 cm³/mol. The minimum Gasteiger partial charge on any atom is -0.496 e. The van der Waals surface area contributed by atoms with Crippen LogP contribution in [0, 0.1) is 0 Å². The molecule has 0 saturated carbocycles. The Bertz CT molecular complexity index is 1120. The number of hydrogen-bond acceptors (Lipinski definition) is 2. The lowest BCUT2D eigenvalue weighted by Crippen LogP contribution is -2.29. The molecule has 0 spiro atoms. The van der Waals surface area contributed by atoms with Gasteiger partial charge in [0.1, 0.15) is 5.75 Å². The van der Waals surface area contributed by atoms with Gasteiger partial charge in [-0.1, -0.05) is 88.7 Å². The number of benzene rings is 4. The minimum absolute atomic E-state index is 0.0384. The van der Waals surface area contributed by atoms with Gasteiger partial charge in [-0.3, -0.25) is 4.79 Å². The maximum Gasteiger partial charge on any atom is 0.232 e. The molecule has 0 heterocycles. The quantitative estimate of drug-likeness (QED) is 0.380. The van der Waals surface area contributed by atoms with Crippen molar-refractivity contribution in [1.82, 2.24) is 5.32 Å². The van der Waals surface area contributed by atoms with Gasteiger partial charge in [0, 0.05) is 16.6 Å². The highest BCUT2D eigenvalue weighted by atomic mass is 79.9. The zero-order valence-electron chi connectivity index (χ0n) is 16.6. The monoisotopic (exact) mass is 459 g/mol. The summed E-state index contributed by atoms with van der Waals surface area (Å²) in [7, 11) is 1.65. The van der Waals surface area contributed by atoms with Crippen LogP contribution in [0.2, 0.25) is 0 Å². The first kappa shape index (κ1) is 20.2. The molecule has 3 nitrogen and oxygen atoms in total. The summed E-state index contributed by atoms with van der Waals surface area (Å²) >= 11 is 3.52. The third-order valence-corrected chi connectivity index (χ3v) is 5.73. The van der Waals surface area contributed by atoms with E-state index in [9.17, 15) is 4.79 Å². The standard InChI is InChI=1S/C26H22BrNO2/c1-30-24-15-12-20-16-21(27)13-14-22(20)23(24)17-28-26(29)25(18-8-4-2-5-9-18)19-10-6-3-7-11-19/h2-16,25H,17H2,1H3,(H,28,29). The van der Waals surface area contributed by atoms with Gasteiger partial charge in [-0.15, -0.1) is 0 Å². The fourth-order valence-corrected chi connectivity index (χ4v) is 4.16. The van der Waals surface area contributed by atoms with Crippen molar-refractivity contribution in [2.75, 3.05) is 7.11 Å². The lowest BCUT2D eigenvalue weighted by Gasteiger charge is -2.19. The summed E-state index contributed by atoms with van der Waals surface area (Å²) in [5, 5.41) is 5.31. The van der Waals surface area contributed by atoms with Gasteiger partial charge in [-0.2, -0.15) is 0 Å². The van der Waals surface area contributed by atoms with Crippen molar-refractivity contribution >= 4 is 32.6 Å². The molecular weight excluding hydrogens is 438 g/mol. The fraction of sp³-hybridized carbons (Fsp3) is 0.115. The summed E-state index contributed by atoms with van der Waals surface area (Å²) in [6.45, 7) is 0.386. The van der Waals surface area contributed by atoms with Crippen LogP contribution in [0.4, 0.5) is 0 Å². The largest absolute Gasteiger partial charge is 0.496 e. The molecule has 0 radical (unpaired) electrons. The van der Waals surface area contributed by atoms with Gasteiger partial charge < -0.3 is 10.1 Å². The molecule has 4 heteroatoms. The molecule has 0 aliphatic carbocycles. The second kappa shape index (κ2) is 9.14. The van der Waals surface area contributed by atoms with Crippen molar-refractivity contribution in [3.8, 4) is 5.75 Å². The van der Waals surface area contributed by atoms with Gasteiger partial charge in [0.15, 0.2) is 0 Å². The van der Waals surface area contributed by atoms with E-state index >= 15 is 0 Å². The molecule has 4 rings (SSSR count). The molecule has 0 unspecified atom stereocenters. The lowest BCUT2D eigenvalue weighted by atomic mass is 9.90. The summed E-state index contributed by atoms with van der Waals surface area (Å²) in [5.41, 5.74) is 2.90. The van der Waals surface area contributed by atoms with Crippen molar-refractivity contribution in [3.05, 3.63) is 112 Å². The summed E-state index contributed by atoms with van der Waals surface area (Å²) < 4.78 is 6.60. The highest BCUT2D eigenvalue weighted by Gasteiger charge is 2.23. The van der Waals surface area contributed by atoms with Crippen LogP contribution < -0.4 is 10.1 Å². The Labute approximate surface area is 184 Å². The van der Waals surface area contributed by atoms with Crippen LogP contribution in [-0.4, -0.2) is 13.0 Å². The predicted octanol–water partition coefficient (Wildman–Crippen LogP) is 6.06. The van der Waals surface area contributed by atoms with Crippen molar-refractivity contribution in [2.45, 2.75) is 12.5 Å². The van der Waals surface area contributed by atoms with E-state index in [0.717, 1.165) is 37.7 Å². The van der Waals surface area contributed by atoms with Crippen molar-refractivity contribution in [2.24, 2.45) is 0 Å². The molecule has 0 bridgehead atoms. The number of rotatable bonds is 6. The van der Waals surface area contributed by atoms with E-state index < -0.39 is 0 Å². The minimum atomic E-state index is -0.373. The van der Waals surface area contributed by atoms with Crippen LogP contribution in [0.25, 0.3) is 10.8 Å². The van der Waals surface area contributed by atoms with Crippen molar-refractivity contribution in [1.29, 1.82) is 0 Å². The molecule has 1 amide bonds. The third-order valence-electron chi connectivity index (χ3n) is 5.24. The molecule has 0 saturated heterocycles. The first-order chi connectivity index (χ1) is 14.7. The topological polar surface area (TPSA) is 38.3 Å². The summed E-state index contributed by atoms with van der Waals surface area (Å²) in [6.07, 6.45) is 0. The van der Waals surface area contributed by atoms with Gasteiger partial charge in [-0.25, -0.2) is 0 Å². The first-order valence-corrected chi connectivity index (χ1v) is 10.6. The number of halogens is 1. The molecular formula is C26H22BrNO2. The summed E-state index contributed by atoms with van der Waals surface area (Å²) in [5.74, 6) is 0.354. The molecule has 1 N–H and O–H groups in total. The number of amides is 1. The van der Waals surface area contributed by atoms with Crippen LogP contribution in [0.3, 0.4) is 0 Å². The second-order valence-corrected chi connectivity index (χ2v) is 8.00. The molecule has 0 aliphatic heterocycles. The Morgan fingerprint density at radius 1 is 0.900 bits per heavy atom. The molecule has 0 aliphatic rings. The summed E-state index contributed by atoms with van der Waals surface area (Å²) in [4.78, 5) is 13.3. The number of hydrogen-bond donors (Lipinski definition) is 1. The van der Waals surface area contributed by atoms with Gasteiger partial charge >= 0.3 is 0 Å². The number of carbonyl (C=O) groups is 1. The number of carbonyl (C=O) groups excluding carboxylic acids is 1. The number of fused-ring (bicyclic) bond motifs is 1. The second-order valence-electron chi connectivity index (χ2n) is 7.08. The molecule has 0 aromatic heterocycles.